The molecule has 5 nitrogen and oxygen atoms in total. The van der Waals surface area contributed by atoms with Crippen molar-refractivity contribution in [3.8, 4) is 5.69 Å². The van der Waals surface area contributed by atoms with Gasteiger partial charge in [-0.25, -0.2) is 13.9 Å². The fraction of sp³-hybridized carbons (Fsp3) is 0.286. The van der Waals surface area contributed by atoms with Crippen LogP contribution in [0.15, 0.2) is 36.7 Å². The Morgan fingerprint density at radius 3 is 2.75 bits per heavy atom. The number of anilines is 1. The summed E-state index contributed by atoms with van der Waals surface area (Å²) in [4.78, 5) is 13.7. The Hall–Kier alpha value is -2.37. The van der Waals surface area contributed by atoms with E-state index < -0.39 is 0 Å². The van der Waals surface area contributed by atoms with Gasteiger partial charge in [0.1, 0.15) is 11.5 Å². The van der Waals surface area contributed by atoms with Crippen molar-refractivity contribution in [3.63, 3.8) is 0 Å². The number of likely N-dealkylation sites (tertiary alicyclic amines) is 1. The van der Waals surface area contributed by atoms with E-state index >= 15 is 0 Å². The monoisotopic (exact) mass is 274 g/mol. The van der Waals surface area contributed by atoms with Gasteiger partial charge in [0.2, 0.25) is 0 Å². The van der Waals surface area contributed by atoms with Gasteiger partial charge in [-0.2, -0.15) is 5.10 Å². The molecule has 2 amide bonds. The molecule has 104 valence electrons. The third kappa shape index (κ3) is 2.49. The lowest BCUT2D eigenvalue weighted by Gasteiger charge is -2.14. The molecule has 1 aliphatic heterocycles. The Morgan fingerprint density at radius 1 is 1.25 bits per heavy atom. The van der Waals surface area contributed by atoms with E-state index in [1.807, 2.05) is 0 Å². The molecule has 1 fully saturated rings. The van der Waals surface area contributed by atoms with E-state index in [0.717, 1.165) is 25.9 Å². The second-order valence-electron chi connectivity index (χ2n) is 4.75. The lowest BCUT2D eigenvalue weighted by molar-refractivity contribution is 0.222. The van der Waals surface area contributed by atoms with Gasteiger partial charge in [-0.05, 0) is 25.0 Å². The van der Waals surface area contributed by atoms with Crippen LogP contribution in [-0.4, -0.2) is 33.8 Å². The predicted octanol–water partition coefficient (Wildman–Crippen LogP) is 2.64. The molecule has 6 heteroatoms. The quantitative estimate of drug-likeness (QED) is 0.915. The van der Waals surface area contributed by atoms with Crippen LogP contribution in [0.4, 0.5) is 14.9 Å². The number of benzene rings is 1. The summed E-state index contributed by atoms with van der Waals surface area (Å²) in [7, 11) is 0. The third-order valence-corrected chi connectivity index (χ3v) is 3.33. The normalized spacial score (nSPS) is 14.6. The Morgan fingerprint density at radius 2 is 2.00 bits per heavy atom. The Labute approximate surface area is 116 Å². The number of carbonyl (C=O) groups excluding carboxylic acids is 1. The molecule has 3 rings (SSSR count). The van der Waals surface area contributed by atoms with Crippen molar-refractivity contribution in [2.45, 2.75) is 12.8 Å². The summed E-state index contributed by atoms with van der Waals surface area (Å²) in [5.41, 5.74) is 0.916. The molecule has 1 aromatic carbocycles. The van der Waals surface area contributed by atoms with E-state index in [-0.39, 0.29) is 11.8 Å². The first-order chi connectivity index (χ1) is 9.74. The zero-order valence-corrected chi connectivity index (χ0v) is 10.9. The number of carbonyl (C=O) groups is 1. The number of rotatable bonds is 2. The average Bonchev–Trinajstić information content (AvgIpc) is 3.10. The van der Waals surface area contributed by atoms with E-state index in [1.54, 1.807) is 29.3 Å². The lowest BCUT2D eigenvalue weighted by atomic mass is 10.3. The van der Waals surface area contributed by atoms with Crippen molar-refractivity contribution >= 4 is 11.7 Å². The van der Waals surface area contributed by atoms with Gasteiger partial charge in [0.05, 0.1) is 18.1 Å². The van der Waals surface area contributed by atoms with Gasteiger partial charge >= 0.3 is 6.03 Å². The smallest absolute Gasteiger partial charge is 0.321 e. The molecule has 2 heterocycles. The number of urea groups is 1. The van der Waals surface area contributed by atoms with Crippen molar-refractivity contribution in [2.24, 2.45) is 0 Å². The highest BCUT2D eigenvalue weighted by atomic mass is 19.1. The van der Waals surface area contributed by atoms with E-state index in [1.165, 1.54) is 16.9 Å². The highest BCUT2D eigenvalue weighted by molar-refractivity contribution is 5.89. The SMILES string of the molecule is O=C(Nc1cnn(-c2ccccc2F)c1)N1CCCC1. The number of hydrogen-bond acceptors (Lipinski definition) is 2. The van der Waals surface area contributed by atoms with Crippen molar-refractivity contribution in [1.29, 1.82) is 0 Å². The molecule has 20 heavy (non-hydrogen) atoms. The van der Waals surface area contributed by atoms with Crippen LogP contribution in [0.5, 0.6) is 0 Å². The van der Waals surface area contributed by atoms with Gasteiger partial charge in [0.15, 0.2) is 0 Å². The zero-order valence-electron chi connectivity index (χ0n) is 10.9. The molecule has 2 aromatic rings. The Balaban J connectivity index is 1.74. The van der Waals surface area contributed by atoms with Gasteiger partial charge in [-0.3, -0.25) is 0 Å². The Bertz CT molecular complexity index is 619. The molecule has 0 bridgehead atoms. The first kappa shape index (κ1) is 12.7. The van der Waals surface area contributed by atoms with Crippen LogP contribution in [0.3, 0.4) is 0 Å². The van der Waals surface area contributed by atoms with Crippen LogP contribution in [0.1, 0.15) is 12.8 Å². The van der Waals surface area contributed by atoms with Crippen molar-refractivity contribution in [1.82, 2.24) is 14.7 Å². The molecule has 1 saturated heterocycles. The predicted molar refractivity (Wildman–Crippen MR) is 73.3 cm³/mol. The molecule has 0 unspecified atom stereocenters. The largest absolute Gasteiger partial charge is 0.325 e. The van der Waals surface area contributed by atoms with E-state index in [9.17, 15) is 9.18 Å². The molecule has 1 N–H and O–H groups in total. The second kappa shape index (κ2) is 5.32. The summed E-state index contributed by atoms with van der Waals surface area (Å²) < 4.78 is 15.0. The van der Waals surface area contributed by atoms with Crippen molar-refractivity contribution in [3.05, 3.63) is 42.5 Å². The summed E-state index contributed by atoms with van der Waals surface area (Å²) in [5.74, 6) is -0.354. The molecule has 1 aromatic heterocycles. The lowest BCUT2D eigenvalue weighted by Crippen LogP contribution is -2.31. The number of aromatic nitrogens is 2. The second-order valence-corrected chi connectivity index (χ2v) is 4.75. The van der Waals surface area contributed by atoms with E-state index in [0.29, 0.717) is 11.4 Å². The molecule has 1 aliphatic rings. The number of para-hydroxylation sites is 1. The third-order valence-electron chi connectivity index (χ3n) is 3.33. The highest BCUT2D eigenvalue weighted by Gasteiger charge is 2.18. The molecular weight excluding hydrogens is 259 g/mol. The van der Waals surface area contributed by atoms with Gasteiger partial charge in [0.25, 0.3) is 0 Å². The van der Waals surface area contributed by atoms with Gasteiger partial charge < -0.3 is 10.2 Å². The van der Waals surface area contributed by atoms with Crippen molar-refractivity contribution in [2.75, 3.05) is 18.4 Å². The van der Waals surface area contributed by atoms with Crippen LogP contribution in [0.2, 0.25) is 0 Å². The van der Waals surface area contributed by atoms with Crippen LogP contribution < -0.4 is 5.32 Å². The van der Waals surface area contributed by atoms with Crippen molar-refractivity contribution < 1.29 is 9.18 Å². The van der Waals surface area contributed by atoms with E-state index in [4.69, 9.17) is 0 Å². The zero-order chi connectivity index (χ0) is 13.9. The van der Waals surface area contributed by atoms with Gasteiger partial charge in [-0.15, -0.1) is 0 Å². The summed E-state index contributed by atoms with van der Waals surface area (Å²) in [6.45, 7) is 1.57. The van der Waals surface area contributed by atoms with Gasteiger partial charge in [-0.1, -0.05) is 12.1 Å². The highest BCUT2D eigenvalue weighted by Crippen LogP contribution is 2.16. The number of amides is 2. The average molecular weight is 274 g/mol. The number of nitrogens with zero attached hydrogens (tertiary/aromatic N) is 3. The molecule has 0 aliphatic carbocycles. The van der Waals surface area contributed by atoms with Crippen LogP contribution in [0.25, 0.3) is 5.69 Å². The first-order valence-electron chi connectivity index (χ1n) is 6.59. The maximum absolute atomic E-state index is 13.6. The van der Waals surface area contributed by atoms with Crippen LogP contribution in [-0.2, 0) is 0 Å². The number of hydrogen-bond donors (Lipinski definition) is 1. The number of nitrogens with one attached hydrogen (secondary N) is 1. The van der Waals surface area contributed by atoms with Crippen LogP contribution >= 0.6 is 0 Å². The van der Waals surface area contributed by atoms with Crippen LogP contribution in [0, 0.1) is 5.82 Å². The maximum Gasteiger partial charge on any atom is 0.321 e. The topological polar surface area (TPSA) is 50.2 Å². The summed E-state index contributed by atoms with van der Waals surface area (Å²) in [5, 5.41) is 6.85. The Kier molecular flexibility index (Phi) is 3.37. The summed E-state index contributed by atoms with van der Waals surface area (Å²) >= 11 is 0. The maximum atomic E-state index is 13.6. The first-order valence-corrected chi connectivity index (χ1v) is 6.59. The standard InChI is InChI=1S/C14H15FN4O/c15-12-5-1-2-6-13(12)19-10-11(9-16-19)17-14(20)18-7-3-4-8-18/h1-2,5-6,9-10H,3-4,7-8H2,(H,17,20). The fourth-order valence-electron chi connectivity index (χ4n) is 2.28. The summed E-state index contributed by atoms with van der Waals surface area (Å²) in [6, 6.07) is 6.24. The molecule has 0 spiro atoms. The minimum atomic E-state index is -0.354. The van der Waals surface area contributed by atoms with E-state index in [2.05, 4.69) is 10.4 Å². The molecule has 0 atom stereocenters. The molecular formula is C14H15FN4O. The van der Waals surface area contributed by atoms with Gasteiger partial charge in [0, 0.05) is 13.1 Å². The summed E-state index contributed by atoms with van der Waals surface area (Å²) in [6.07, 6.45) is 5.20. The minimum Gasteiger partial charge on any atom is -0.325 e. The fourth-order valence-corrected chi connectivity index (χ4v) is 2.28. The minimum absolute atomic E-state index is 0.129. The molecule has 0 saturated carbocycles. The number of halogens is 1. The molecule has 0 radical (unpaired) electrons.